The molecule has 4 rings (SSSR count). The van der Waals surface area contributed by atoms with Crippen molar-refractivity contribution in [3.05, 3.63) is 92.8 Å². The van der Waals surface area contributed by atoms with E-state index in [4.69, 9.17) is 0 Å². The molecule has 2 N–H and O–H groups in total. The minimum absolute atomic E-state index is 0.00528. The van der Waals surface area contributed by atoms with Crippen molar-refractivity contribution >= 4 is 17.5 Å². The lowest BCUT2D eigenvalue weighted by Gasteiger charge is -2.26. The first-order valence-electron chi connectivity index (χ1n) is 15.5. The molecule has 47 heavy (non-hydrogen) atoms. The average Bonchev–Trinajstić information content (AvgIpc) is 3.42. The number of carboxylic acid groups (broad SMARTS) is 1. The number of carbonyl (C=O) groups excluding carboxylic acids is 1. The number of fused-ring (bicyclic) bond motifs is 1. The quantitative estimate of drug-likeness (QED) is 0.191. The van der Waals surface area contributed by atoms with E-state index in [9.17, 15) is 32.7 Å². The van der Waals surface area contributed by atoms with E-state index in [0.29, 0.717) is 23.8 Å². The highest BCUT2D eigenvalue weighted by atomic mass is 19.4. The summed E-state index contributed by atoms with van der Waals surface area (Å²) < 4.78 is 44.7. The van der Waals surface area contributed by atoms with Crippen LogP contribution in [0.5, 0.6) is 0 Å². The molecule has 0 bridgehead atoms. The molecule has 4 aromatic rings. The molecular formula is C35H42F3N5O4. The van der Waals surface area contributed by atoms with Gasteiger partial charge in [-0.25, -0.2) is 4.98 Å². The van der Waals surface area contributed by atoms with Crippen molar-refractivity contribution in [2.75, 3.05) is 20.6 Å². The minimum Gasteiger partial charge on any atom is -0.481 e. The number of nitrogens with zero attached hydrogens (tertiary/aromatic N) is 4. The predicted octanol–water partition coefficient (Wildman–Crippen LogP) is 6.13. The number of hydrogen-bond donors (Lipinski definition) is 2. The van der Waals surface area contributed by atoms with Crippen LogP contribution in [0, 0.1) is 26.7 Å². The average molecular weight is 654 g/mol. The highest BCUT2D eigenvalue weighted by molar-refractivity contribution is 5.84. The number of amides is 1. The fourth-order valence-electron chi connectivity index (χ4n) is 6.16. The minimum atomic E-state index is -4.75. The molecule has 1 aromatic carbocycles. The number of benzene rings is 1. The van der Waals surface area contributed by atoms with Gasteiger partial charge >= 0.3 is 12.1 Å². The van der Waals surface area contributed by atoms with Crippen LogP contribution in [0.1, 0.15) is 72.2 Å². The van der Waals surface area contributed by atoms with Gasteiger partial charge < -0.3 is 24.3 Å². The molecule has 252 valence electrons. The summed E-state index contributed by atoms with van der Waals surface area (Å²) >= 11 is 0. The molecule has 9 nitrogen and oxygen atoms in total. The summed E-state index contributed by atoms with van der Waals surface area (Å²) in [5, 5.41) is 12.7. The van der Waals surface area contributed by atoms with E-state index >= 15 is 0 Å². The number of nitrogens with one attached hydrogen (secondary N) is 1. The molecule has 2 atom stereocenters. The second-order valence-corrected chi connectivity index (χ2v) is 12.9. The maximum atomic E-state index is 14.1. The summed E-state index contributed by atoms with van der Waals surface area (Å²) in [5.74, 6) is -1.95. The smallest absolute Gasteiger partial charge is 0.416 e. The number of alkyl halides is 3. The van der Waals surface area contributed by atoms with Crippen molar-refractivity contribution in [1.82, 2.24) is 24.2 Å². The van der Waals surface area contributed by atoms with E-state index in [2.05, 4.69) is 22.4 Å². The maximum Gasteiger partial charge on any atom is 0.416 e. The van der Waals surface area contributed by atoms with Crippen molar-refractivity contribution < 1.29 is 27.9 Å². The van der Waals surface area contributed by atoms with Crippen LogP contribution in [-0.4, -0.2) is 56.5 Å². The molecule has 3 aromatic heterocycles. The molecule has 0 radical (unpaired) electrons. The summed E-state index contributed by atoms with van der Waals surface area (Å²) in [6.45, 7) is 9.95. The van der Waals surface area contributed by atoms with Crippen molar-refractivity contribution in [1.29, 1.82) is 0 Å². The van der Waals surface area contributed by atoms with Gasteiger partial charge in [0.05, 0.1) is 18.0 Å². The highest BCUT2D eigenvalue weighted by Gasteiger charge is 2.36. The van der Waals surface area contributed by atoms with Crippen LogP contribution in [0.4, 0.5) is 13.2 Å². The Bertz CT molecular complexity index is 1820. The third-order valence-electron chi connectivity index (χ3n) is 8.18. The first kappa shape index (κ1) is 35.4. The third-order valence-corrected chi connectivity index (χ3v) is 8.18. The monoisotopic (exact) mass is 653 g/mol. The van der Waals surface area contributed by atoms with Crippen LogP contribution < -0.4 is 10.9 Å². The SMILES string of the molecule is Cc1cc(C)c(-c2cc([C@@H](CC(=O)O)NC(=O)[C@@H](CC(C)C)n3cc(CCN(C)C)c(C(F)(F)F)cc3=O)cn3ccnc23)c(C)c1. The number of rotatable bonds is 12. The first-order valence-corrected chi connectivity index (χ1v) is 15.5. The number of aryl methyl sites for hydroxylation is 3. The summed E-state index contributed by atoms with van der Waals surface area (Å²) in [4.78, 5) is 45.6. The van der Waals surface area contributed by atoms with Crippen LogP contribution in [0.15, 0.2) is 53.8 Å². The zero-order chi connectivity index (χ0) is 34.8. The fraction of sp³-hybridized carbons (Fsp3) is 0.429. The molecule has 0 unspecified atom stereocenters. The van der Waals surface area contributed by atoms with E-state index in [-0.39, 0.29) is 24.3 Å². The third kappa shape index (κ3) is 8.29. The maximum absolute atomic E-state index is 14.1. The molecule has 0 saturated carbocycles. The number of aliphatic carboxylic acids is 1. The van der Waals surface area contributed by atoms with Crippen LogP contribution >= 0.6 is 0 Å². The molecule has 0 spiro atoms. The second kappa shape index (κ2) is 14.1. The Hall–Kier alpha value is -4.45. The van der Waals surface area contributed by atoms with Gasteiger partial charge in [-0.1, -0.05) is 31.5 Å². The topological polar surface area (TPSA) is 109 Å². The molecule has 0 aliphatic carbocycles. The number of imidazole rings is 1. The zero-order valence-corrected chi connectivity index (χ0v) is 27.8. The summed E-state index contributed by atoms with van der Waals surface area (Å²) in [7, 11) is 3.46. The van der Waals surface area contributed by atoms with E-state index in [0.717, 1.165) is 38.6 Å². The molecule has 1 amide bonds. The number of carbonyl (C=O) groups is 2. The lowest BCUT2D eigenvalue weighted by Crippen LogP contribution is -2.40. The molecule has 0 fully saturated rings. The molecule has 3 heterocycles. The van der Waals surface area contributed by atoms with Crippen molar-refractivity contribution in [3.63, 3.8) is 0 Å². The summed E-state index contributed by atoms with van der Waals surface area (Å²) in [5.41, 5.74) is 3.86. The van der Waals surface area contributed by atoms with Crippen molar-refractivity contribution in [2.45, 2.75) is 72.1 Å². The van der Waals surface area contributed by atoms with E-state index < -0.39 is 47.7 Å². The number of pyridine rings is 2. The largest absolute Gasteiger partial charge is 0.481 e. The van der Waals surface area contributed by atoms with Gasteiger partial charge in [0.2, 0.25) is 5.91 Å². The van der Waals surface area contributed by atoms with Crippen LogP contribution in [0.25, 0.3) is 16.8 Å². The fourth-order valence-corrected chi connectivity index (χ4v) is 6.16. The normalized spacial score (nSPS) is 13.4. The highest BCUT2D eigenvalue weighted by Crippen LogP contribution is 2.35. The Balaban J connectivity index is 1.82. The van der Waals surface area contributed by atoms with Gasteiger partial charge in [0.25, 0.3) is 5.56 Å². The Labute approximate surface area is 272 Å². The summed E-state index contributed by atoms with van der Waals surface area (Å²) in [6.07, 6.45) is 1.13. The van der Waals surface area contributed by atoms with Crippen LogP contribution in [0.3, 0.4) is 0 Å². The van der Waals surface area contributed by atoms with Gasteiger partial charge in [-0.2, -0.15) is 13.2 Å². The van der Waals surface area contributed by atoms with Gasteiger partial charge in [-0.3, -0.25) is 14.4 Å². The molecule has 0 aliphatic rings. The molecular weight excluding hydrogens is 611 g/mol. The molecule has 0 saturated heterocycles. The standard InChI is InChI=1S/C35H42F3N5O4/c1-20(2)12-29(43-19-24(8-10-41(6)7)27(16-30(43)44)35(36,37)38)34(47)40-28(17-31(45)46)25-15-26(33-39-9-11-42(33)18-25)32-22(4)13-21(3)14-23(32)5/h9,11,13-16,18-20,28-29H,8,10,12,17H2,1-7H3,(H,40,47)(H,45,46)/t28-,29-/m1/s1. The van der Waals surface area contributed by atoms with E-state index in [1.807, 2.05) is 40.7 Å². The van der Waals surface area contributed by atoms with Crippen LogP contribution in [0.2, 0.25) is 0 Å². The number of likely N-dealkylation sites (N-methyl/N-ethyl adjacent to an activating group) is 1. The van der Waals surface area contributed by atoms with Gasteiger partial charge in [-0.15, -0.1) is 0 Å². The zero-order valence-electron chi connectivity index (χ0n) is 27.8. The van der Waals surface area contributed by atoms with Gasteiger partial charge in [0.1, 0.15) is 11.7 Å². The number of carboxylic acids is 1. The predicted molar refractivity (Wildman–Crippen MR) is 174 cm³/mol. The Morgan fingerprint density at radius 1 is 1.04 bits per heavy atom. The lowest BCUT2D eigenvalue weighted by atomic mass is 9.92. The lowest BCUT2D eigenvalue weighted by molar-refractivity contribution is -0.139. The molecule has 12 heteroatoms. The van der Waals surface area contributed by atoms with E-state index in [1.54, 1.807) is 42.0 Å². The second-order valence-electron chi connectivity index (χ2n) is 12.9. The number of aromatic nitrogens is 3. The number of halogens is 3. The van der Waals surface area contributed by atoms with Crippen LogP contribution in [-0.2, 0) is 22.2 Å². The summed E-state index contributed by atoms with van der Waals surface area (Å²) in [6, 6.07) is 4.27. The van der Waals surface area contributed by atoms with Gasteiger partial charge in [0.15, 0.2) is 0 Å². The molecule has 0 aliphatic heterocycles. The number of hydrogen-bond acceptors (Lipinski definition) is 5. The Morgan fingerprint density at radius 3 is 2.28 bits per heavy atom. The van der Waals surface area contributed by atoms with Crippen molar-refractivity contribution in [2.24, 2.45) is 5.92 Å². The van der Waals surface area contributed by atoms with Gasteiger partial charge in [-0.05, 0) is 87.5 Å². The van der Waals surface area contributed by atoms with E-state index in [1.165, 1.54) is 0 Å². The Kier molecular flexibility index (Phi) is 10.6. The van der Waals surface area contributed by atoms with Crippen molar-refractivity contribution in [3.8, 4) is 11.1 Å². The Morgan fingerprint density at radius 2 is 1.70 bits per heavy atom. The van der Waals surface area contributed by atoms with Gasteiger partial charge in [0, 0.05) is 43.0 Å². The first-order chi connectivity index (χ1) is 22.0.